The number of aryl methyl sites for hydroxylation is 1. The highest BCUT2D eigenvalue weighted by molar-refractivity contribution is 7.99. The van der Waals surface area contributed by atoms with Crippen LogP contribution in [-0.2, 0) is 32.7 Å². The standard InChI is InChI=1S/C33H38N6O5S/c1-39-21-35-38-33(39)45-20-26-18-29(23-12-10-22(19-40)11-13-23)44-32(43-26)24-14-16-25(17-15-24)36-30(41)8-4-5-9-31(42)37-28-7-3-2-6-27(28)34/h2-3,6-7,10-17,21,26,29,32,40H,4-5,8-9,18-20,34H2,1H3,(H,36,41)(H,37,42)/t26-,29+,32+/m1/s1. The summed E-state index contributed by atoms with van der Waals surface area (Å²) in [5, 5.41) is 24.1. The molecule has 45 heavy (non-hydrogen) atoms. The van der Waals surface area contributed by atoms with Gasteiger partial charge in [0.05, 0.1) is 30.2 Å². The fourth-order valence-electron chi connectivity index (χ4n) is 4.94. The zero-order chi connectivity index (χ0) is 31.6. The number of anilines is 3. The maximum Gasteiger partial charge on any atom is 0.224 e. The minimum Gasteiger partial charge on any atom is -0.397 e. The molecule has 2 amide bonds. The van der Waals surface area contributed by atoms with Crippen LogP contribution in [0.25, 0.3) is 0 Å². The van der Waals surface area contributed by atoms with Crippen molar-refractivity contribution in [2.24, 2.45) is 7.05 Å². The summed E-state index contributed by atoms with van der Waals surface area (Å²) in [6, 6.07) is 22.3. The van der Waals surface area contributed by atoms with E-state index in [4.69, 9.17) is 15.2 Å². The zero-order valence-electron chi connectivity index (χ0n) is 25.1. The number of hydrogen-bond acceptors (Lipinski definition) is 9. The number of amides is 2. The topological polar surface area (TPSA) is 154 Å². The van der Waals surface area contributed by atoms with E-state index in [1.807, 2.05) is 72.3 Å². The van der Waals surface area contributed by atoms with Crippen LogP contribution in [0.15, 0.2) is 84.3 Å². The van der Waals surface area contributed by atoms with Crippen molar-refractivity contribution in [3.05, 3.63) is 95.8 Å². The molecule has 1 fully saturated rings. The van der Waals surface area contributed by atoms with E-state index in [1.54, 1.807) is 30.2 Å². The van der Waals surface area contributed by atoms with Gasteiger partial charge in [-0.2, -0.15) is 0 Å². The molecular formula is C33H38N6O5S. The van der Waals surface area contributed by atoms with Gasteiger partial charge in [-0.1, -0.05) is 60.3 Å². The fourth-order valence-corrected chi connectivity index (χ4v) is 5.84. The number of aliphatic hydroxyl groups is 1. The number of unbranched alkanes of at least 4 members (excludes halogenated alkanes) is 1. The molecule has 1 aliphatic rings. The second-order valence-corrected chi connectivity index (χ2v) is 11.9. The zero-order valence-corrected chi connectivity index (χ0v) is 25.9. The molecule has 1 saturated heterocycles. The maximum atomic E-state index is 12.6. The van der Waals surface area contributed by atoms with Crippen molar-refractivity contribution in [1.29, 1.82) is 0 Å². The lowest BCUT2D eigenvalue weighted by Crippen LogP contribution is -2.31. The molecular weight excluding hydrogens is 592 g/mol. The Labute approximate surface area is 266 Å². The van der Waals surface area contributed by atoms with E-state index < -0.39 is 6.29 Å². The molecule has 4 aromatic rings. The number of benzene rings is 3. The van der Waals surface area contributed by atoms with Gasteiger partial charge in [0.25, 0.3) is 0 Å². The van der Waals surface area contributed by atoms with Crippen molar-refractivity contribution >= 4 is 40.6 Å². The highest BCUT2D eigenvalue weighted by atomic mass is 32.2. The van der Waals surface area contributed by atoms with Crippen molar-refractivity contribution in [1.82, 2.24) is 14.8 Å². The van der Waals surface area contributed by atoms with E-state index in [1.165, 1.54) is 0 Å². The highest BCUT2D eigenvalue weighted by Gasteiger charge is 2.32. The second-order valence-electron chi connectivity index (χ2n) is 10.9. The summed E-state index contributed by atoms with van der Waals surface area (Å²) in [6.07, 6.45) is 3.20. The average Bonchev–Trinajstić information content (AvgIpc) is 3.47. The number of nitrogens with two attached hydrogens (primary N) is 1. The number of para-hydroxylation sites is 2. The predicted molar refractivity (Wildman–Crippen MR) is 173 cm³/mol. The van der Waals surface area contributed by atoms with E-state index in [0.717, 1.165) is 21.8 Å². The van der Waals surface area contributed by atoms with Crippen LogP contribution in [0.1, 0.15) is 61.2 Å². The molecule has 3 atom stereocenters. The van der Waals surface area contributed by atoms with Gasteiger partial charge in [-0.3, -0.25) is 9.59 Å². The molecule has 3 aromatic carbocycles. The van der Waals surface area contributed by atoms with Crippen molar-refractivity contribution < 1.29 is 24.2 Å². The molecule has 0 aliphatic carbocycles. The van der Waals surface area contributed by atoms with Gasteiger partial charge in [-0.15, -0.1) is 10.2 Å². The van der Waals surface area contributed by atoms with E-state index >= 15 is 0 Å². The minimum absolute atomic E-state index is 0.0146. The van der Waals surface area contributed by atoms with Crippen LogP contribution in [0, 0.1) is 0 Å². The summed E-state index contributed by atoms with van der Waals surface area (Å²) < 4.78 is 14.7. The Morgan fingerprint density at radius 2 is 1.64 bits per heavy atom. The number of thioether (sulfide) groups is 1. The first kappa shape index (κ1) is 32.2. The monoisotopic (exact) mass is 630 g/mol. The molecule has 1 aliphatic heterocycles. The predicted octanol–water partition coefficient (Wildman–Crippen LogP) is 5.36. The number of nitrogens with one attached hydrogen (secondary N) is 2. The molecule has 11 nitrogen and oxygen atoms in total. The van der Waals surface area contributed by atoms with Crippen LogP contribution in [0.5, 0.6) is 0 Å². The van der Waals surface area contributed by atoms with Crippen LogP contribution < -0.4 is 16.4 Å². The summed E-state index contributed by atoms with van der Waals surface area (Å²) in [7, 11) is 1.91. The number of rotatable bonds is 13. The summed E-state index contributed by atoms with van der Waals surface area (Å²) in [4.78, 5) is 24.8. The number of nitrogen functional groups attached to an aromatic ring is 1. The third kappa shape index (κ3) is 9.14. The minimum atomic E-state index is -0.603. The normalized spacial score (nSPS) is 18.0. The third-order valence-electron chi connectivity index (χ3n) is 7.44. The smallest absolute Gasteiger partial charge is 0.224 e. The summed E-state index contributed by atoms with van der Waals surface area (Å²) in [6.45, 7) is -0.0146. The Morgan fingerprint density at radius 1 is 0.956 bits per heavy atom. The SMILES string of the molecule is Cn1cnnc1SC[C@H]1C[C@@H](c2ccc(CO)cc2)O[C@@H](c2ccc(NC(=O)CCCCC(=O)Nc3ccccc3N)cc2)O1. The number of ether oxygens (including phenoxy) is 2. The Morgan fingerprint density at radius 3 is 2.31 bits per heavy atom. The first-order chi connectivity index (χ1) is 21.9. The van der Waals surface area contributed by atoms with Crippen molar-refractivity contribution in [2.75, 3.05) is 22.1 Å². The largest absolute Gasteiger partial charge is 0.397 e. The molecule has 0 unspecified atom stereocenters. The summed E-state index contributed by atoms with van der Waals surface area (Å²) in [5.41, 5.74) is 10.3. The summed E-state index contributed by atoms with van der Waals surface area (Å²) in [5.74, 6) is 0.427. The van der Waals surface area contributed by atoms with Crippen LogP contribution >= 0.6 is 11.8 Å². The van der Waals surface area contributed by atoms with Crippen LogP contribution in [-0.4, -0.2) is 43.5 Å². The molecule has 12 heteroatoms. The number of hydrogen-bond donors (Lipinski definition) is 4. The molecule has 2 heterocycles. The molecule has 0 radical (unpaired) electrons. The molecule has 0 bridgehead atoms. The summed E-state index contributed by atoms with van der Waals surface area (Å²) >= 11 is 1.58. The van der Waals surface area contributed by atoms with Gasteiger partial charge in [0.2, 0.25) is 11.8 Å². The Kier molecular flexibility index (Phi) is 11.2. The Hall–Kier alpha value is -4.23. The molecule has 236 valence electrons. The Bertz CT molecular complexity index is 1560. The molecule has 5 N–H and O–H groups in total. The number of aromatic nitrogens is 3. The molecule has 5 rings (SSSR count). The average molecular weight is 631 g/mol. The highest BCUT2D eigenvalue weighted by Crippen LogP contribution is 2.39. The number of nitrogens with zero attached hydrogens (tertiary/aromatic N) is 3. The molecule has 0 saturated carbocycles. The van der Waals surface area contributed by atoms with Crippen LogP contribution in [0.2, 0.25) is 0 Å². The number of carbonyl (C=O) groups is 2. The van der Waals surface area contributed by atoms with Gasteiger partial charge in [0, 0.05) is 43.3 Å². The van der Waals surface area contributed by atoms with E-state index in [2.05, 4.69) is 20.8 Å². The lowest BCUT2D eigenvalue weighted by Gasteiger charge is -2.36. The van der Waals surface area contributed by atoms with Gasteiger partial charge in [0.15, 0.2) is 11.4 Å². The quantitative estimate of drug-likeness (QED) is 0.0868. The number of carbonyl (C=O) groups excluding carboxylic acids is 2. The Balaban J connectivity index is 1.13. The molecule has 0 spiro atoms. The van der Waals surface area contributed by atoms with Crippen LogP contribution in [0.4, 0.5) is 17.1 Å². The van der Waals surface area contributed by atoms with Gasteiger partial charge >= 0.3 is 0 Å². The second kappa shape index (κ2) is 15.7. The van der Waals surface area contributed by atoms with Gasteiger partial charge in [-0.05, 0) is 48.2 Å². The fraction of sp³-hybridized carbons (Fsp3) is 0.333. The van der Waals surface area contributed by atoms with Crippen molar-refractivity contribution in [3.63, 3.8) is 0 Å². The van der Waals surface area contributed by atoms with Gasteiger partial charge in [0.1, 0.15) is 6.33 Å². The van der Waals surface area contributed by atoms with E-state index in [-0.39, 0.29) is 30.6 Å². The first-order valence-electron chi connectivity index (χ1n) is 14.9. The van der Waals surface area contributed by atoms with Crippen molar-refractivity contribution in [2.45, 2.75) is 62.4 Å². The number of aliphatic hydroxyl groups excluding tert-OH is 1. The van der Waals surface area contributed by atoms with Gasteiger partial charge in [-0.25, -0.2) is 0 Å². The third-order valence-corrected chi connectivity index (χ3v) is 8.61. The molecule has 1 aromatic heterocycles. The van der Waals surface area contributed by atoms with Gasteiger partial charge < -0.3 is 35.5 Å². The van der Waals surface area contributed by atoms with E-state index in [0.29, 0.717) is 54.9 Å². The van der Waals surface area contributed by atoms with E-state index in [9.17, 15) is 14.7 Å². The lowest BCUT2D eigenvalue weighted by molar-refractivity contribution is -0.245. The lowest BCUT2D eigenvalue weighted by atomic mass is 10.0. The first-order valence-corrected chi connectivity index (χ1v) is 15.9. The van der Waals surface area contributed by atoms with Crippen LogP contribution in [0.3, 0.4) is 0 Å². The van der Waals surface area contributed by atoms with Crippen molar-refractivity contribution in [3.8, 4) is 0 Å². The maximum absolute atomic E-state index is 12.6.